The van der Waals surface area contributed by atoms with Crippen molar-refractivity contribution in [3.63, 3.8) is 0 Å². The Balaban J connectivity index is 5.09. The summed E-state index contributed by atoms with van der Waals surface area (Å²) in [6.45, 7) is 6.73. The molecular formula is C77H139N2O7P. The van der Waals surface area contributed by atoms with E-state index in [0.717, 1.165) is 103 Å². The number of carbonyl (C=O) groups is 2. The average molecular weight is 1240 g/mol. The number of carbonyl (C=O) groups excluding carboxylic acids is 2. The van der Waals surface area contributed by atoms with Gasteiger partial charge in [-0.1, -0.05) is 305 Å². The van der Waals surface area contributed by atoms with Crippen molar-refractivity contribution in [3.8, 4) is 0 Å². The van der Waals surface area contributed by atoms with Gasteiger partial charge >= 0.3 is 5.97 Å². The number of esters is 1. The number of allylic oxidation sites excluding steroid dienone is 15. The summed E-state index contributed by atoms with van der Waals surface area (Å²) in [4.78, 5) is 40.3. The first-order valence-corrected chi connectivity index (χ1v) is 38.0. The molecule has 0 spiro atoms. The molecule has 0 rings (SSSR count). The van der Waals surface area contributed by atoms with E-state index in [-0.39, 0.29) is 24.9 Å². The Bertz CT molecular complexity index is 1810. The lowest BCUT2D eigenvalue weighted by molar-refractivity contribution is -0.870. The van der Waals surface area contributed by atoms with Crippen LogP contribution in [0.5, 0.6) is 0 Å². The summed E-state index contributed by atoms with van der Waals surface area (Å²) in [6.07, 6.45) is 89.6. The van der Waals surface area contributed by atoms with Crippen LogP contribution in [0.4, 0.5) is 0 Å². The van der Waals surface area contributed by atoms with Gasteiger partial charge in [0.1, 0.15) is 19.3 Å². The summed E-state index contributed by atoms with van der Waals surface area (Å²) >= 11 is 0. The molecule has 0 saturated heterocycles. The Kier molecular flexibility index (Phi) is 63.5. The number of amides is 1. The normalized spacial score (nSPS) is 14.1. The van der Waals surface area contributed by atoms with Gasteiger partial charge in [-0.15, -0.1) is 0 Å². The second kappa shape index (κ2) is 65.9. The highest BCUT2D eigenvalue weighted by Crippen LogP contribution is 2.38. The Morgan fingerprint density at radius 3 is 1.13 bits per heavy atom. The molecule has 0 heterocycles. The summed E-state index contributed by atoms with van der Waals surface area (Å²) in [5.74, 6) is -0.547. The van der Waals surface area contributed by atoms with E-state index in [0.29, 0.717) is 23.9 Å². The molecule has 504 valence electrons. The molecule has 0 aliphatic heterocycles. The zero-order chi connectivity index (χ0) is 63.5. The maximum atomic E-state index is 13.6. The van der Waals surface area contributed by atoms with E-state index < -0.39 is 26.6 Å². The smallest absolute Gasteiger partial charge is 0.306 e. The molecule has 0 aromatic heterocycles. The summed E-state index contributed by atoms with van der Waals surface area (Å²) in [6, 6.07) is -0.899. The number of hydrogen-bond donors (Lipinski definition) is 1. The number of nitrogens with zero attached hydrogens (tertiary/aromatic N) is 1. The van der Waals surface area contributed by atoms with Gasteiger partial charge < -0.3 is 28.5 Å². The zero-order valence-corrected chi connectivity index (χ0v) is 58.6. The maximum Gasteiger partial charge on any atom is 0.306 e. The second-order valence-electron chi connectivity index (χ2n) is 25.7. The number of unbranched alkanes of at least 4 members (excludes halogenated alkanes) is 36. The highest BCUT2D eigenvalue weighted by atomic mass is 31.2. The number of phosphoric ester groups is 1. The quantitative estimate of drug-likeness (QED) is 0.0212. The van der Waals surface area contributed by atoms with Gasteiger partial charge in [0.05, 0.1) is 33.8 Å². The van der Waals surface area contributed by atoms with Crippen molar-refractivity contribution in [3.05, 3.63) is 97.2 Å². The summed E-state index contributed by atoms with van der Waals surface area (Å²) < 4.78 is 30.5. The molecule has 1 N–H and O–H groups in total. The minimum absolute atomic E-state index is 0.0271. The van der Waals surface area contributed by atoms with Crippen molar-refractivity contribution in [1.82, 2.24) is 5.32 Å². The largest absolute Gasteiger partial charge is 0.756 e. The van der Waals surface area contributed by atoms with Gasteiger partial charge in [0.25, 0.3) is 7.82 Å². The van der Waals surface area contributed by atoms with E-state index in [4.69, 9.17) is 13.8 Å². The van der Waals surface area contributed by atoms with Crippen molar-refractivity contribution in [2.45, 2.75) is 341 Å². The first-order valence-electron chi connectivity index (χ1n) is 36.5. The first-order chi connectivity index (χ1) is 42.4. The number of quaternary nitrogens is 1. The fourth-order valence-electron chi connectivity index (χ4n) is 10.4. The van der Waals surface area contributed by atoms with Gasteiger partial charge in [0, 0.05) is 12.8 Å². The van der Waals surface area contributed by atoms with Crippen LogP contribution in [-0.2, 0) is 27.9 Å². The summed E-state index contributed by atoms with van der Waals surface area (Å²) in [5, 5.41) is 3.05. The molecule has 0 aromatic rings. The van der Waals surface area contributed by atoms with E-state index in [9.17, 15) is 19.0 Å². The molecule has 3 unspecified atom stereocenters. The van der Waals surface area contributed by atoms with Crippen LogP contribution in [0.1, 0.15) is 329 Å². The van der Waals surface area contributed by atoms with Crippen LogP contribution in [0.2, 0.25) is 0 Å². The van der Waals surface area contributed by atoms with E-state index in [2.05, 4.69) is 111 Å². The fourth-order valence-corrected chi connectivity index (χ4v) is 11.1. The molecule has 0 radical (unpaired) electrons. The number of hydrogen-bond acceptors (Lipinski definition) is 7. The molecule has 0 fully saturated rings. The van der Waals surface area contributed by atoms with Gasteiger partial charge in [0.15, 0.2) is 0 Å². The lowest BCUT2D eigenvalue weighted by Crippen LogP contribution is -2.47. The van der Waals surface area contributed by atoms with Crippen molar-refractivity contribution in [2.75, 3.05) is 40.9 Å². The third kappa shape index (κ3) is 67.2. The highest BCUT2D eigenvalue weighted by Gasteiger charge is 2.27. The second-order valence-corrected chi connectivity index (χ2v) is 27.1. The highest BCUT2D eigenvalue weighted by molar-refractivity contribution is 7.45. The summed E-state index contributed by atoms with van der Waals surface area (Å²) in [5.41, 5.74) is 0. The molecule has 0 bridgehead atoms. The predicted octanol–water partition coefficient (Wildman–Crippen LogP) is 22.8. The van der Waals surface area contributed by atoms with Crippen LogP contribution in [0, 0.1) is 0 Å². The van der Waals surface area contributed by atoms with Crippen LogP contribution >= 0.6 is 7.82 Å². The topological polar surface area (TPSA) is 114 Å². The minimum Gasteiger partial charge on any atom is -0.756 e. The van der Waals surface area contributed by atoms with Crippen molar-refractivity contribution in [2.24, 2.45) is 0 Å². The first kappa shape index (κ1) is 83.9. The van der Waals surface area contributed by atoms with Crippen LogP contribution in [-0.4, -0.2) is 69.4 Å². The standard InChI is InChI=1S/C77H139N2O7P/c1-7-10-13-16-19-22-25-28-30-32-34-36-38-39-41-42-44-46-48-51-54-57-60-63-66-69-76(80)78-74(73-85-87(82,83)84-72-71-79(4,5)6)75(68-65-62-59-56-53-50-27-24-21-18-15-12-9-3)86-77(81)70-67-64-61-58-55-52-49-47-45-43-40-37-35-33-31-29-26-23-20-17-14-11-8-2/h11,14,19-20,22-23,28-31,35,37,43,45,65,68,74-75H,7-10,12-13,15-18,21,24-27,32-34,36,38-42,44,46-64,66-67,69-73H2,1-6H3,(H-,78,80,82,83)/b14-11-,22-19-,23-20-,30-28-,31-29-,37-35-,45-43-,68-65+. The van der Waals surface area contributed by atoms with Crippen molar-refractivity contribution in [1.29, 1.82) is 0 Å². The zero-order valence-electron chi connectivity index (χ0n) is 57.7. The van der Waals surface area contributed by atoms with Gasteiger partial charge in [-0.2, -0.15) is 0 Å². The maximum absolute atomic E-state index is 13.6. The van der Waals surface area contributed by atoms with E-state index >= 15 is 0 Å². The Labute approximate surface area is 538 Å². The van der Waals surface area contributed by atoms with Gasteiger partial charge in [0.2, 0.25) is 5.91 Å². The lowest BCUT2D eigenvalue weighted by atomic mass is 10.0. The molecule has 87 heavy (non-hydrogen) atoms. The van der Waals surface area contributed by atoms with E-state index in [1.807, 2.05) is 33.3 Å². The monoisotopic (exact) mass is 1240 g/mol. The fraction of sp³-hybridized carbons (Fsp3) is 0.766. The molecule has 0 aliphatic carbocycles. The number of rotatable bonds is 66. The third-order valence-corrected chi connectivity index (χ3v) is 17.0. The van der Waals surface area contributed by atoms with E-state index in [1.54, 1.807) is 0 Å². The minimum atomic E-state index is -4.71. The predicted molar refractivity (Wildman–Crippen MR) is 376 cm³/mol. The third-order valence-electron chi connectivity index (χ3n) is 16.0. The van der Waals surface area contributed by atoms with E-state index in [1.165, 1.54) is 186 Å². The molecule has 0 aliphatic rings. The molecule has 1 amide bonds. The number of likely N-dealkylation sites (N-methyl/N-ethyl adjacent to an activating group) is 1. The van der Waals surface area contributed by atoms with Gasteiger partial charge in [-0.05, 0) is 109 Å². The Morgan fingerprint density at radius 2 is 0.736 bits per heavy atom. The molecule has 0 saturated carbocycles. The van der Waals surface area contributed by atoms with Crippen LogP contribution in [0.3, 0.4) is 0 Å². The molecule has 0 aromatic carbocycles. The van der Waals surface area contributed by atoms with Crippen LogP contribution in [0.15, 0.2) is 97.2 Å². The molecular weight excluding hydrogens is 1100 g/mol. The molecule has 3 atom stereocenters. The summed E-state index contributed by atoms with van der Waals surface area (Å²) in [7, 11) is 1.18. The number of ether oxygens (including phenoxy) is 1. The molecule has 9 nitrogen and oxygen atoms in total. The Hall–Kier alpha value is -3.07. The van der Waals surface area contributed by atoms with Gasteiger partial charge in [-0.3, -0.25) is 14.2 Å². The molecule has 10 heteroatoms. The van der Waals surface area contributed by atoms with Crippen molar-refractivity contribution >= 4 is 19.7 Å². The average Bonchev–Trinajstić information content (AvgIpc) is 3.70. The van der Waals surface area contributed by atoms with Crippen LogP contribution in [0.25, 0.3) is 0 Å². The SMILES string of the molecule is CC/C=C\C/C=C\C/C=C\C/C=C\C/C=C\CCCCCCCCCC(=O)OC(/C=C/CCCCCCCCCCCCC)C(COP(=O)([O-])OCC[N+](C)(C)C)NC(=O)CCCCCCCCCCCCCCCCC/C=C\C/C=C\CCCCC. The van der Waals surface area contributed by atoms with Crippen molar-refractivity contribution < 1.29 is 37.3 Å². The lowest BCUT2D eigenvalue weighted by Gasteiger charge is -2.30. The number of phosphoric acid groups is 1. The Morgan fingerprint density at radius 1 is 0.414 bits per heavy atom. The van der Waals surface area contributed by atoms with Gasteiger partial charge in [-0.25, -0.2) is 0 Å². The number of nitrogens with one attached hydrogen (secondary N) is 1. The van der Waals surface area contributed by atoms with Crippen LogP contribution < -0.4 is 10.2 Å².